The zero-order chi connectivity index (χ0) is 17.5. The highest BCUT2D eigenvalue weighted by molar-refractivity contribution is 14.0. The van der Waals surface area contributed by atoms with Crippen molar-refractivity contribution in [2.24, 2.45) is 4.99 Å². The number of nitrogens with one attached hydrogen (secondary N) is 2. The minimum atomic E-state index is 0. The van der Waals surface area contributed by atoms with Gasteiger partial charge in [0.1, 0.15) is 0 Å². The molecule has 7 heteroatoms. The summed E-state index contributed by atoms with van der Waals surface area (Å²) in [6, 6.07) is 5.26. The van der Waals surface area contributed by atoms with Crippen molar-refractivity contribution in [3.63, 3.8) is 0 Å². The predicted molar refractivity (Wildman–Crippen MR) is 115 cm³/mol. The molecule has 1 heterocycles. The van der Waals surface area contributed by atoms with E-state index in [-0.39, 0.29) is 29.5 Å². The topological polar surface area (TPSA) is 67.7 Å². The van der Waals surface area contributed by atoms with Gasteiger partial charge in [-0.25, -0.2) is 0 Å². The first-order valence-electron chi connectivity index (χ1n) is 9.03. The van der Waals surface area contributed by atoms with Crippen LogP contribution in [0.15, 0.2) is 34.2 Å². The van der Waals surface area contributed by atoms with Crippen LogP contribution in [0, 0.1) is 0 Å². The Morgan fingerprint density at radius 1 is 1.16 bits per heavy atom. The lowest BCUT2D eigenvalue weighted by atomic mass is 10.3. The standard InChI is InChI=1S/C18H32N4O2.HI/c1-3-19-18(21-13-7-10-16-24-4-2)20-12-6-9-15-22-14-8-5-11-17(22)23;/h5,8,11,14H,3-4,6-7,9-10,12-13,15-16H2,1-2H3,(H2,19,20,21);1H. The van der Waals surface area contributed by atoms with E-state index in [0.29, 0.717) is 0 Å². The van der Waals surface area contributed by atoms with Crippen molar-refractivity contribution < 1.29 is 4.74 Å². The summed E-state index contributed by atoms with van der Waals surface area (Å²) in [5.41, 5.74) is 0.0624. The molecule has 1 rings (SSSR count). The van der Waals surface area contributed by atoms with E-state index in [1.165, 1.54) is 0 Å². The van der Waals surface area contributed by atoms with E-state index in [0.717, 1.165) is 71.0 Å². The molecular formula is C18H33IN4O2. The van der Waals surface area contributed by atoms with E-state index < -0.39 is 0 Å². The molecule has 6 nitrogen and oxygen atoms in total. The average Bonchev–Trinajstić information content (AvgIpc) is 2.59. The fourth-order valence-corrected chi connectivity index (χ4v) is 2.25. The van der Waals surface area contributed by atoms with Gasteiger partial charge in [-0.05, 0) is 45.6 Å². The molecule has 0 spiro atoms. The van der Waals surface area contributed by atoms with Crippen LogP contribution in [0.1, 0.15) is 39.5 Å². The Bertz CT molecular complexity index is 520. The molecule has 0 atom stereocenters. The molecule has 0 radical (unpaired) electrons. The number of guanidine groups is 1. The van der Waals surface area contributed by atoms with Crippen molar-refractivity contribution >= 4 is 29.9 Å². The summed E-state index contributed by atoms with van der Waals surface area (Å²) in [5.74, 6) is 0.866. The summed E-state index contributed by atoms with van der Waals surface area (Å²) in [7, 11) is 0. The predicted octanol–water partition coefficient (Wildman–Crippen LogP) is 2.62. The highest BCUT2D eigenvalue weighted by Gasteiger charge is 1.98. The maximum atomic E-state index is 11.6. The molecule has 1 aromatic rings. The van der Waals surface area contributed by atoms with Crippen molar-refractivity contribution in [1.29, 1.82) is 0 Å². The monoisotopic (exact) mass is 464 g/mol. The molecule has 0 aromatic carbocycles. The normalized spacial score (nSPS) is 11.0. The highest BCUT2D eigenvalue weighted by Crippen LogP contribution is 1.93. The number of halogens is 1. The molecule has 0 aliphatic carbocycles. The van der Waals surface area contributed by atoms with Gasteiger partial charge in [0.2, 0.25) is 5.56 Å². The molecule has 0 unspecified atom stereocenters. The third-order valence-corrected chi connectivity index (χ3v) is 3.53. The molecule has 0 fully saturated rings. The van der Waals surface area contributed by atoms with Crippen molar-refractivity contribution in [3.8, 4) is 0 Å². The van der Waals surface area contributed by atoms with E-state index >= 15 is 0 Å². The van der Waals surface area contributed by atoms with Gasteiger partial charge in [0.15, 0.2) is 5.96 Å². The summed E-state index contributed by atoms with van der Waals surface area (Å²) >= 11 is 0. The molecule has 0 aliphatic heterocycles. The quantitative estimate of drug-likeness (QED) is 0.216. The Labute approximate surface area is 168 Å². The van der Waals surface area contributed by atoms with Gasteiger partial charge in [-0.2, -0.15) is 0 Å². The van der Waals surface area contributed by atoms with Crippen molar-refractivity contribution in [1.82, 2.24) is 15.2 Å². The Hall–Kier alpha value is -1.09. The zero-order valence-electron chi connectivity index (χ0n) is 15.5. The van der Waals surface area contributed by atoms with Crippen LogP contribution < -0.4 is 16.2 Å². The maximum Gasteiger partial charge on any atom is 0.250 e. The van der Waals surface area contributed by atoms with Gasteiger partial charge in [-0.15, -0.1) is 24.0 Å². The maximum absolute atomic E-state index is 11.6. The lowest BCUT2D eigenvalue weighted by molar-refractivity contribution is 0.144. The molecule has 0 saturated heterocycles. The van der Waals surface area contributed by atoms with Gasteiger partial charge in [-0.3, -0.25) is 9.79 Å². The summed E-state index contributed by atoms with van der Waals surface area (Å²) < 4.78 is 7.07. The van der Waals surface area contributed by atoms with Crippen LogP contribution in [0.4, 0.5) is 0 Å². The number of nitrogens with zero attached hydrogens (tertiary/aromatic N) is 2. The van der Waals surface area contributed by atoms with Crippen molar-refractivity contribution in [2.75, 3.05) is 32.8 Å². The summed E-state index contributed by atoms with van der Waals surface area (Å²) in [6.45, 7) is 8.94. The van der Waals surface area contributed by atoms with Crippen LogP contribution in [-0.2, 0) is 11.3 Å². The molecule has 0 aliphatic rings. The second-order valence-corrected chi connectivity index (χ2v) is 5.53. The number of rotatable bonds is 12. The smallest absolute Gasteiger partial charge is 0.250 e. The molecule has 144 valence electrons. The van der Waals surface area contributed by atoms with E-state index in [2.05, 4.69) is 22.5 Å². The van der Waals surface area contributed by atoms with Gasteiger partial charge >= 0.3 is 0 Å². The lowest BCUT2D eigenvalue weighted by Crippen LogP contribution is -2.38. The fraction of sp³-hybridized carbons (Fsp3) is 0.667. The zero-order valence-corrected chi connectivity index (χ0v) is 17.8. The molecular weight excluding hydrogens is 431 g/mol. The Kier molecular flexibility index (Phi) is 15.7. The summed E-state index contributed by atoms with van der Waals surface area (Å²) in [5, 5.41) is 6.60. The van der Waals surface area contributed by atoms with Crippen LogP contribution in [-0.4, -0.2) is 43.4 Å². The van der Waals surface area contributed by atoms with Crippen LogP contribution in [0.5, 0.6) is 0 Å². The van der Waals surface area contributed by atoms with Crippen molar-refractivity contribution in [2.45, 2.75) is 46.1 Å². The highest BCUT2D eigenvalue weighted by atomic mass is 127. The Balaban J connectivity index is 0.00000576. The van der Waals surface area contributed by atoms with Crippen LogP contribution in [0.2, 0.25) is 0 Å². The molecule has 25 heavy (non-hydrogen) atoms. The van der Waals surface area contributed by atoms with Gasteiger partial charge in [0.25, 0.3) is 0 Å². The number of aliphatic imine (C=N–C) groups is 1. The molecule has 0 amide bonds. The van der Waals surface area contributed by atoms with Crippen LogP contribution in [0.25, 0.3) is 0 Å². The summed E-state index contributed by atoms with van der Waals surface area (Å²) in [4.78, 5) is 16.2. The molecule has 0 bridgehead atoms. The Morgan fingerprint density at radius 3 is 2.72 bits per heavy atom. The number of aromatic nitrogens is 1. The van der Waals surface area contributed by atoms with E-state index in [9.17, 15) is 4.79 Å². The van der Waals surface area contributed by atoms with Gasteiger partial charge in [-0.1, -0.05) is 6.07 Å². The molecule has 1 aromatic heterocycles. The second-order valence-electron chi connectivity index (χ2n) is 5.53. The summed E-state index contributed by atoms with van der Waals surface area (Å²) in [6.07, 6.45) is 5.88. The lowest BCUT2D eigenvalue weighted by Gasteiger charge is -2.11. The largest absolute Gasteiger partial charge is 0.382 e. The minimum absolute atomic E-state index is 0. The van der Waals surface area contributed by atoms with E-state index in [1.807, 2.05) is 19.2 Å². The minimum Gasteiger partial charge on any atom is -0.382 e. The first-order valence-corrected chi connectivity index (χ1v) is 9.03. The third-order valence-electron chi connectivity index (χ3n) is 3.53. The molecule has 2 N–H and O–H groups in total. The average molecular weight is 464 g/mol. The SMILES string of the molecule is CCNC(=NCCCCOCC)NCCCCn1ccccc1=O.I. The fourth-order valence-electron chi connectivity index (χ4n) is 2.25. The van der Waals surface area contributed by atoms with Gasteiger partial charge < -0.3 is 19.9 Å². The molecule has 0 saturated carbocycles. The second kappa shape index (κ2) is 16.4. The Morgan fingerprint density at radius 2 is 2.00 bits per heavy atom. The number of aryl methyl sites for hydroxylation is 1. The number of unbranched alkanes of at least 4 members (excludes halogenated alkanes) is 2. The third kappa shape index (κ3) is 12.0. The van der Waals surface area contributed by atoms with Crippen molar-refractivity contribution in [3.05, 3.63) is 34.7 Å². The number of pyridine rings is 1. The van der Waals surface area contributed by atoms with Gasteiger partial charge in [0.05, 0.1) is 0 Å². The van der Waals surface area contributed by atoms with Crippen LogP contribution in [0.3, 0.4) is 0 Å². The first-order chi connectivity index (χ1) is 11.8. The number of hydrogen-bond acceptors (Lipinski definition) is 3. The number of hydrogen-bond donors (Lipinski definition) is 2. The van der Waals surface area contributed by atoms with Crippen LogP contribution >= 0.6 is 24.0 Å². The van der Waals surface area contributed by atoms with E-state index in [1.54, 1.807) is 16.7 Å². The first kappa shape index (κ1) is 23.9. The van der Waals surface area contributed by atoms with E-state index in [4.69, 9.17) is 4.74 Å². The van der Waals surface area contributed by atoms with Gasteiger partial charge in [0, 0.05) is 51.7 Å². The number of ether oxygens (including phenoxy) is 1.